The third kappa shape index (κ3) is 5.17. The fourth-order valence-corrected chi connectivity index (χ4v) is 1.79. The lowest BCUT2D eigenvalue weighted by atomic mass is 10.3. The number of pyridine rings is 1. The van der Waals surface area contributed by atoms with Crippen LogP contribution in [-0.4, -0.2) is 23.8 Å². The average Bonchev–Trinajstić information content (AvgIpc) is 2.95. The first kappa shape index (κ1) is 15.5. The Morgan fingerprint density at radius 1 is 1.24 bits per heavy atom. The van der Waals surface area contributed by atoms with E-state index in [1.165, 1.54) is 0 Å². The molecule has 21 heavy (non-hydrogen) atoms. The Balaban J connectivity index is 1.79. The Morgan fingerprint density at radius 3 is 2.86 bits per heavy atom. The number of hydrogen-bond donors (Lipinski definition) is 1. The lowest BCUT2D eigenvalue weighted by Crippen LogP contribution is -2.14. The van der Waals surface area contributed by atoms with Gasteiger partial charge >= 0.3 is 0 Å². The Hall–Kier alpha value is -1.92. The summed E-state index contributed by atoms with van der Waals surface area (Å²) in [6, 6.07) is 5.68. The Morgan fingerprint density at radius 2 is 2.14 bits per heavy atom. The van der Waals surface area contributed by atoms with Gasteiger partial charge in [0.25, 0.3) is 0 Å². The molecule has 0 aliphatic carbocycles. The molecule has 6 heteroatoms. The maximum Gasteiger partial charge on any atom is 0.162 e. The van der Waals surface area contributed by atoms with Crippen molar-refractivity contribution >= 4 is 0 Å². The van der Waals surface area contributed by atoms with E-state index in [2.05, 4.69) is 22.4 Å². The monoisotopic (exact) mass is 291 g/mol. The molecule has 0 aliphatic rings. The van der Waals surface area contributed by atoms with E-state index in [-0.39, 0.29) is 0 Å². The van der Waals surface area contributed by atoms with Crippen LogP contribution in [-0.2, 0) is 24.5 Å². The summed E-state index contributed by atoms with van der Waals surface area (Å²) in [5.74, 6) is 1.40. The van der Waals surface area contributed by atoms with Gasteiger partial charge in [-0.25, -0.2) is 0 Å². The molecule has 0 spiro atoms. The molecule has 114 valence electrons. The molecule has 2 rings (SSSR count). The molecule has 0 saturated carbocycles. The van der Waals surface area contributed by atoms with Gasteiger partial charge in [-0.2, -0.15) is 0 Å². The van der Waals surface area contributed by atoms with Gasteiger partial charge in [0.2, 0.25) is 0 Å². The zero-order chi connectivity index (χ0) is 14.9. The fraction of sp³-hybridized carbons (Fsp3) is 0.467. The highest BCUT2D eigenvalue weighted by Gasteiger charge is 2.05. The van der Waals surface area contributed by atoms with Crippen LogP contribution >= 0.6 is 0 Å². The maximum atomic E-state index is 5.62. The van der Waals surface area contributed by atoms with Gasteiger partial charge in [-0.3, -0.25) is 4.98 Å². The first-order chi connectivity index (χ1) is 10.3. The third-order valence-corrected chi connectivity index (χ3v) is 2.81. The molecule has 0 amide bonds. The molecule has 0 unspecified atom stereocenters. The standard InChI is InChI=1S/C15H21N3O3/c1-3-6-16-8-12-4-5-14(9-17-12)20-10-13-7-15(11-19-2)21-18-13/h4-5,7,9,16H,3,6,8,10-11H2,1-2H3. The number of nitrogens with one attached hydrogen (secondary N) is 1. The topological polar surface area (TPSA) is 69.4 Å². The van der Waals surface area contributed by atoms with E-state index >= 15 is 0 Å². The second-order valence-corrected chi connectivity index (χ2v) is 4.67. The van der Waals surface area contributed by atoms with Gasteiger partial charge < -0.3 is 19.3 Å². The number of hydrogen-bond acceptors (Lipinski definition) is 6. The van der Waals surface area contributed by atoms with Crippen LogP contribution in [0.25, 0.3) is 0 Å². The molecule has 2 aromatic heterocycles. The quantitative estimate of drug-likeness (QED) is 0.715. The zero-order valence-corrected chi connectivity index (χ0v) is 12.5. The largest absolute Gasteiger partial charge is 0.486 e. The molecule has 2 aromatic rings. The number of ether oxygens (including phenoxy) is 2. The van der Waals surface area contributed by atoms with E-state index < -0.39 is 0 Å². The molecule has 0 radical (unpaired) electrons. The molecule has 0 bridgehead atoms. The Kier molecular flexibility index (Phi) is 6.18. The van der Waals surface area contributed by atoms with Crippen molar-refractivity contribution in [3.8, 4) is 5.75 Å². The highest BCUT2D eigenvalue weighted by molar-refractivity contribution is 5.20. The molecule has 6 nitrogen and oxygen atoms in total. The molecular formula is C15H21N3O3. The summed E-state index contributed by atoms with van der Waals surface area (Å²) in [6.45, 7) is 4.67. The summed E-state index contributed by atoms with van der Waals surface area (Å²) >= 11 is 0. The minimum absolute atomic E-state index is 0.350. The lowest BCUT2D eigenvalue weighted by Gasteiger charge is -2.05. The summed E-state index contributed by atoms with van der Waals surface area (Å²) in [7, 11) is 1.61. The Labute approximate surface area is 124 Å². The van der Waals surface area contributed by atoms with Crippen molar-refractivity contribution in [1.29, 1.82) is 0 Å². The smallest absolute Gasteiger partial charge is 0.162 e. The van der Waals surface area contributed by atoms with Gasteiger partial charge in [0.1, 0.15) is 24.7 Å². The van der Waals surface area contributed by atoms with Crippen LogP contribution in [0.4, 0.5) is 0 Å². The SMILES string of the molecule is CCCNCc1ccc(OCc2cc(COC)on2)cn1. The fourth-order valence-electron chi connectivity index (χ4n) is 1.79. The second kappa shape index (κ2) is 8.39. The van der Waals surface area contributed by atoms with Crippen LogP contribution < -0.4 is 10.1 Å². The van der Waals surface area contributed by atoms with Gasteiger partial charge in [0, 0.05) is 19.7 Å². The summed E-state index contributed by atoms with van der Waals surface area (Å²) < 4.78 is 15.7. The summed E-state index contributed by atoms with van der Waals surface area (Å²) in [5, 5.41) is 7.21. The molecule has 0 aliphatic heterocycles. The van der Waals surface area contributed by atoms with Gasteiger partial charge in [0.15, 0.2) is 5.76 Å². The summed E-state index contributed by atoms with van der Waals surface area (Å²) in [4.78, 5) is 4.35. The van der Waals surface area contributed by atoms with Crippen LogP contribution in [0.5, 0.6) is 5.75 Å². The number of aromatic nitrogens is 2. The van der Waals surface area contributed by atoms with Crippen molar-refractivity contribution in [2.45, 2.75) is 33.1 Å². The van der Waals surface area contributed by atoms with Crippen LogP contribution in [0.3, 0.4) is 0 Å². The molecule has 0 saturated heterocycles. The minimum atomic E-state index is 0.350. The van der Waals surface area contributed by atoms with Gasteiger partial charge in [-0.1, -0.05) is 12.1 Å². The van der Waals surface area contributed by atoms with Gasteiger partial charge in [-0.05, 0) is 25.1 Å². The lowest BCUT2D eigenvalue weighted by molar-refractivity contribution is 0.155. The normalized spacial score (nSPS) is 10.8. The molecular weight excluding hydrogens is 270 g/mol. The first-order valence-corrected chi connectivity index (χ1v) is 7.03. The van der Waals surface area contributed by atoms with E-state index in [1.807, 2.05) is 18.2 Å². The zero-order valence-electron chi connectivity index (χ0n) is 12.5. The van der Waals surface area contributed by atoms with Crippen molar-refractivity contribution in [1.82, 2.24) is 15.5 Å². The second-order valence-electron chi connectivity index (χ2n) is 4.67. The predicted octanol–water partition coefficient (Wildman–Crippen LogP) is 2.29. The van der Waals surface area contributed by atoms with Crippen molar-refractivity contribution in [2.24, 2.45) is 0 Å². The van der Waals surface area contributed by atoms with Crippen LogP contribution in [0.1, 0.15) is 30.5 Å². The highest BCUT2D eigenvalue weighted by atomic mass is 16.5. The predicted molar refractivity (Wildman–Crippen MR) is 77.8 cm³/mol. The van der Waals surface area contributed by atoms with Gasteiger partial charge in [-0.15, -0.1) is 0 Å². The van der Waals surface area contributed by atoms with Crippen molar-refractivity contribution in [2.75, 3.05) is 13.7 Å². The number of methoxy groups -OCH3 is 1. The van der Waals surface area contributed by atoms with E-state index in [1.54, 1.807) is 13.3 Å². The van der Waals surface area contributed by atoms with E-state index in [0.29, 0.717) is 24.7 Å². The van der Waals surface area contributed by atoms with Crippen LogP contribution in [0.15, 0.2) is 28.9 Å². The molecule has 0 atom stereocenters. The third-order valence-electron chi connectivity index (χ3n) is 2.81. The van der Waals surface area contributed by atoms with Crippen LogP contribution in [0.2, 0.25) is 0 Å². The highest BCUT2D eigenvalue weighted by Crippen LogP contribution is 2.12. The van der Waals surface area contributed by atoms with E-state index in [9.17, 15) is 0 Å². The minimum Gasteiger partial charge on any atom is -0.486 e. The molecule has 2 heterocycles. The summed E-state index contributed by atoms with van der Waals surface area (Å²) in [6.07, 6.45) is 2.84. The molecule has 0 fully saturated rings. The van der Waals surface area contributed by atoms with E-state index in [0.717, 1.165) is 30.9 Å². The van der Waals surface area contributed by atoms with E-state index in [4.69, 9.17) is 14.0 Å². The Bertz CT molecular complexity index is 525. The van der Waals surface area contributed by atoms with Crippen molar-refractivity contribution in [3.63, 3.8) is 0 Å². The van der Waals surface area contributed by atoms with Crippen molar-refractivity contribution < 1.29 is 14.0 Å². The average molecular weight is 291 g/mol. The van der Waals surface area contributed by atoms with Crippen LogP contribution in [0, 0.1) is 0 Å². The van der Waals surface area contributed by atoms with Crippen molar-refractivity contribution in [3.05, 3.63) is 41.5 Å². The molecule has 1 N–H and O–H groups in total. The number of nitrogens with zero attached hydrogens (tertiary/aromatic N) is 2. The maximum absolute atomic E-state index is 5.62. The summed E-state index contributed by atoms with van der Waals surface area (Å²) in [5.41, 5.74) is 1.73. The first-order valence-electron chi connectivity index (χ1n) is 7.03. The number of rotatable bonds is 9. The van der Waals surface area contributed by atoms with Gasteiger partial charge in [0.05, 0.1) is 11.9 Å². The molecule has 0 aromatic carbocycles.